The molecule has 0 saturated heterocycles. The van der Waals surface area contributed by atoms with Crippen LogP contribution >= 0.6 is 57.1 Å². The first kappa shape index (κ1) is 23.7. The van der Waals surface area contributed by atoms with E-state index in [0.717, 1.165) is 11.0 Å². The lowest BCUT2D eigenvalue weighted by atomic mass is 10.0. The third-order valence-electron chi connectivity index (χ3n) is 7.33. The Morgan fingerprint density at radius 2 is 1.16 bits per heavy atom. The largest absolute Gasteiger partial charge is 0.172 e. The monoisotopic (exact) mass is 572 g/mol. The van der Waals surface area contributed by atoms with Gasteiger partial charge in [-0.2, -0.15) is 8.75 Å². The van der Waals surface area contributed by atoms with Crippen LogP contribution in [-0.2, 0) is 0 Å². The topological polar surface area (TPSA) is 25.8 Å². The van der Waals surface area contributed by atoms with Crippen LogP contribution in [0.25, 0.3) is 61.8 Å². The van der Waals surface area contributed by atoms with Crippen molar-refractivity contribution in [2.45, 2.75) is 41.5 Å². The van der Waals surface area contributed by atoms with Crippen molar-refractivity contribution in [3.05, 3.63) is 68.4 Å². The molecule has 7 aromatic rings. The fourth-order valence-corrected chi connectivity index (χ4v) is 10.5. The summed E-state index contributed by atoms with van der Waals surface area (Å²) in [5.74, 6) is 0. The highest BCUT2D eigenvalue weighted by Crippen LogP contribution is 2.48. The number of aromatic nitrogens is 2. The Balaban J connectivity index is 1.36. The first-order valence-electron chi connectivity index (χ1n) is 12.2. The molecule has 0 fully saturated rings. The molecule has 7 rings (SSSR count). The van der Waals surface area contributed by atoms with Crippen LogP contribution in [0, 0.1) is 41.5 Å². The molecule has 184 valence electrons. The zero-order chi connectivity index (χ0) is 25.6. The predicted molar refractivity (Wildman–Crippen MR) is 169 cm³/mol. The number of thiophene rings is 4. The number of aryl methyl sites for hydroxylation is 6. The lowest BCUT2D eigenvalue weighted by Gasteiger charge is -2.03. The van der Waals surface area contributed by atoms with E-state index in [1.807, 2.05) is 45.3 Å². The van der Waals surface area contributed by atoms with Gasteiger partial charge in [-0.3, -0.25) is 0 Å². The van der Waals surface area contributed by atoms with Crippen molar-refractivity contribution in [2.75, 3.05) is 0 Å². The van der Waals surface area contributed by atoms with E-state index < -0.39 is 0 Å². The summed E-state index contributed by atoms with van der Waals surface area (Å²) in [6, 6.07) is 13.9. The molecule has 0 unspecified atom stereocenters. The van der Waals surface area contributed by atoms with E-state index in [0.29, 0.717) is 0 Å². The Bertz CT molecular complexity index is 1930. The second-order valence-electron chi connectivity index (χ2n) is 9.80. The average molecular weight is 573 g/mol. The van der Waals surface area contributed by atoms with Crippen LogP contribution in [0.3, 0.4) is 0 Å². The highest BCUT2D eigenvalue weighted by Gasteiger charge is 2.20. The average Bonchev–Trinajstić information content (AvgIpc) is 3.68. The van der Waals surface area contributed by atoms with Crippen molar-refractivity contribution in [3.8, 4) is 30.6 Å². The van der Waals surface area contributed by atoms with Gasteiger partial charge in [0.1, 0.15) is 11.0 Å². The van der Waals surface area contributed by atoms with E-state index in [9.17, 15) is 0 Å². The molecule has 0 spiro atoms. The fraction of sp³-hybridized carbons (Fsp3) is 0.200. The molecule has 0 aliphatic heterocycles. The maximum absolute atomic E-state index is 4.76. The maximum Gasteiger partial charge on any atom is 0.114 e. The molecule has 0 N–H and O–H groups in total. The van der Waals surface area contributed by atoms with Crippen LogP contribution in [0.1, 0.15) is 32.0 Å². The second-order valence-corrected chi connectivity index (χ2v) is 14.9. The predicted octanol–water partition coefficient (Wildman–Crippen LogP) is 11.1. The summed E-state index contributed by atoms with van der Waals surface area (Å²) in [4.78, 5) is 8.00. The van der Waals surface area contributed by atoms with Crippen molar-refractivity contribution in [3.63, 3.8) is 0 Å². The van der Waals surface area contributed by atoms with E-state index in [2.05, 4.69) is 77.9 Å². The summed E-state index contributed by atoms with van der Waals surface area (Å²) in [5, 5.41) is 2.82. The van der Waals surface area contributed by atoms with Gasteiger partial charge >= 0.3 is 0 Å². The van der Waals surface area contributed by atoms with Crippen LogP contribution < -0.4 is 0 Å². The van der Waals surface area contributed by atoms with Gasteiger partial charge in [0.2, 0.25) is 0 Å². The summed E-state index contributed by atoms with van der Waals surface area (Å²) < 4.78 is 12.3. The zero-order valence-corrected chi connectivity index (χ0v) is 25.5. The van der Waals surface area contributed by atoms with Gasteiger partial charge in [-0.15, -0.1) is 45.3 Å². The highest BCUT2D eigenvalue weighted by atomic mass is 32.1. The van der Waals surface area contributed by atoms with Gasteiger partial charge in [0.05, 0.1) is 11.7 Å². The van der Waals surface area contributed by atoms with Crippen LogP contribution in [0.4, 0.5) is 0 Å². The number of nitrogens with zero attached hydrogens (tertiary/aromatic N) is 2. The lowest BCUT2D eigenvalue weighted by Crippen LogP contribution is -1.82. The van der Waals surface area contributed by atoms with Crippen LogP contribution in [0.15, 0.2) is 36.4 Å². The maximum atomic E-state index is 4.76. The van der Waals surface area contributed by atoms with E-state index in [1.54, 1.807) is 0 Å². The van der Waals surface area contributed by atoms with Crippen molar-refractivity contribution < 1.29 is 0 Å². The van der Waals surface area contributed by atoms with Crippen LogP contribution in [0.5, 0.6) is 0 Å². The van der Waals surface area contributed by atoms with Gasteiger partial charge in [-0.25, -0.2) is 0 Å². The molecule has 0 aliphatic carbocycles. The normalized spacial score (nSPS) is 12.1. The molecule has 5 aromatic heterocycles. The molecule has 2 aromatic carbocycles. The molecule has 7 heteroatoms. The number of rotatable bonds is 3. The Morgan fingerprint density at radius 1 is 0.568 bits per heavy atom. The van der Waals surface area contributed by atoms with Gasteiger partial charge in [-0.05, 0) is 98.8 Å². The minimum atomic E-state index is 1.01. The van der Waals surface area contributed by atoms with Crippen LogP contribution in [0.2, 0.25) is 0 Å². The zero-order valence-electron chi connectivity index (χ0n) is 21.4. The Kier molecular flexibility index (Phi) is 5.47. The van der Waals surface area contributed by atoms with Gasteiger partial charge in [0, 0.05) is 49.8 Å². The Morgan fingerprint density at radius 3 is 1.81 bits per heavy atom. The number of hydrogen-bond acceptors (Lipinski definition) is 7. The standard InChI is InChI=1S/C30H24N2S5/c1-13-9-23(34-18(13)6)19-7-8-20(27-26(19)31-37-32-27)24-10-14(2)28(35-24)25-12-22-17(5)29-21(11-15(3)33-29)16(4)30(22)36-25/h7-12H,1-6H3. The molecule has 0 atom stereocenters. The molecule has 0 saturated carbocycles. The van der Waals surface area contributed by atoms with Crippen molar-refractivity contribution in [2.24, 2.45) is 0 Å². The van der Waals surface area contributed by atoms with Crippen molar-refractivity contribution >= 4 is 88.3 Å². The third-order valence-corrected chi connectivity index (χ3v) is 12.9. The van der Waals surface area contributed by atoms with E-state index in [4.69, 9.17) is 8.75 Å². The van der Waals surface area contributed by atoms with Crippen molar-refractivity contribution in [1.82, 2.24) is 8.75 Å². The van der Waals surface area contributed by atoms with Gasteiger partial charge in [0.25, 0.3) is 0 Å². The summed E-state index contributed by atoms with van der Waals surface area (Å²) in [6.07, 6.45) is 0. The molecule has 0 bridgehead atoms. The minimum Gasteiger partial charge on any atom is -0.172 e. The third kappa shape index (κ3) is 3.59. The molecule has 0 aliphatic rings. The molecular weight excluding hydrogens is 549 g/mol. The van der Waals surface area contributed by atoms with E-state index in [-0.39, 0.29) is 0 Å². The number of hydrogen-bond donors (Lipinski definition) is 0. The summed E-state index contributed by atoms with van der Waals surface area (Å²) >= 11 is 8.88. The van der Waals surface area contributed by atoms with Crippen LogP contribution in [-0.4, -0.2) is 8.75 Å². The summed E-state index contributed by atoms with van der Waals surface area (Å²) in [5.41, 5.74) is 9.88. The summed E-state index contributed by atoms with van der Waals surface area (Å²) in [6.45, 7) is 13.4. The first-order valence-corrected chi connectivity index (χ1v) is 16.2. The Hall–Kier alpha value is -2.42. The SMILES string of the molecule is Cc1cc2c(C)c3sc(-c4sc(-c5ccc(-c6cc(C)c(C)s6)c6nsnc56)cc4C)cc3c(C)c2s1. The smallest absolute Gasteiger partial charge is 0.114 e. The van der Waals surface area contributed by atoms with Crippen molar-refractivity contribution in [1.29, 1.82) is 0 Å². The minimum absolute atomic E-state index is 1.01. The molecule has 37 heavy (non-hydrogen) atoms. The first-order chi connectivity index (χ1) is 17.8. The molecule has 2 nitrogen and oxygen atoms in total. The van der Waals surface area contributed by atoms with E-state index >= 15 is 0 Å². The lowest BCUT2D eigenvalue weighted by molar-refractivity contribution is 1.44. The van der Waals surface area contributed by atoms with E-state index in [1.165, 1.54) is 94.5 Å². The number of benzene rings is 2. The Labute approximate surface area is 236 Å². The van der Waals surface area contributed by atoms with Gasteiger partial charge in [0.15, 0.2) is 0 Å². The highest BCUT2D eigenvalue weighted by molar-refractivity contribution is 7.27. The van der Waals surface area contributed by atoms with Gasteiger partial charge < -0.3 is 0 Å². The summed E-state index contributed by atoms with van der Waals surface area (Å²) in [7, 11) is 0. The second kappa shape index (κ2) is 8.55. The number of fused-ring (bicyclic) bond motifs is 3. The fourth-order valence-electron chi connectivity index (χ4n) is 5.21. The molecule has 0 radical (unpaired) electrons. The molecule has 5 heterocycles. The molecule has 0 amide bonds. The quantitative estimate of drug-likeness (QED) is 0.210. The molecular formula is C30H24N2S5. The van der Waals surface area contributed by atoms with Gasteiger partial charge in [-0.1, -0.05) is 12.1 Å².